The van der Waals surface area contributed by atoms with Gasteiger partial charge in [-0.3, -0.25) is 9.48 Å². The summed E-state index contributed by atoms with van der Waals surface area (Å²) in [7, 11) is 0. The normalized spacial score (nSPS) is 24.2. The van der Waals surface area contributed by atoms with Gasteiger partial charge < -0.3 is 0 Å². The van der Waals surface area contributed by atoms with Crippen molar-refractivity contribution in [2.75, 3.05) is 0 Å². The van der Waals surface area contributed by atoms with Crippen LogP contribution in [0.5, 0.6) is 0 Å². The lowest BCUT2D eigenvalue weighted by Crippen LogP contribution is -2.19. The summed E-state index contributed by atoms with van der Waals surface area (Å²) in [5.74, 6) is 1.07. The summed E-state index contributed by atoms with van der Waals surface area (Å²) in [4.78, 5) is 11.9. The molecule has 1 aliphatic rings. The second-order valence-electron chi connectivity index (χ2n) is 5.68. The zero-order valence-electron chi connectivity index (χ0n) is 12.0. The van der Waals surface area contributed by atoms with Gasteiger partial charge in [0.1, 0.15) is 0 Å². The molecule has 3 heteroatoms. The van der Waals surface area contributed by atoms with Crippen LogP contribution >= 0.6 is 0 Å². The van der Waals surface area contributed by atoms with E-state index in [0.29, 0.717) is 12.5 Å². The van der Waals surface area contributed by atoms with Gasteiger partial charge in [-0.1, -0.05) is 13.8 Å². The van der Waals surface area contributed by atoms with E-state index in [1.807, 2.05) is 20.8 Å². The van der Waals surface area contributed by atoms with E-state index in [1.54, 1.807) is 0 Å². The van der Waals surface area contributed by atoms with Crippen LogP contribution in [0, 0.1) is 19.8 Å². The predicted molar refractivity (Wildman–Crippen MR) is 73.0 cm³/mol. The van der Waals surface area contributed by atoms with Crippen molar-refractivity contribution >= 4 is 5.78 Å². The number of rotatable bonds is 3. The molecule has 1 aromatic heterocycles. The van der Waals surface area contributed by atoms with Gasteiger partial charge >= 0.3 is 0 Å². The van der Waals surface area contributed by atoms with Crippen molar-refractivity contribution in [3.63, 3.8) is 0 Å². The summed E-state index contributed by atoms with van der Waals surface area (Å²) in [6.07, 6.45) is 5.51. The fraction of sp³-hybridized carbons (Fsp3) is 0.733. The molecule has 0 aromatic carbocycles. The third-order valence-electron chi connectivity index (χ3n) is 4.26. The molecule has 0 spiro atoms. The van der Waals surface area contributed by atoms with Crippen molar-refractivity contribution in [2.45, 2.75) is 65.8 Å². The fourth-order valence-corrected chi connectivity index (χ4v) is 3.09. The van der Waals surface area contributed by atoms with Gasteiger partial charge in [-0.05, 0) is 45.4 Å². The summed E-state index contributed by atoms with van der Waals surface area (Å²) >= 11 is 0. The van der Waals surface area contributed by atoms with Crippen molar-refractivity contribution in [1.29, 1.82) is 0 Å². The lowest BCUT2D eigenvalue weighted by Gasteiger charge is -2.27. The molecule has 3 nitrogen and oxygen atoms in total. The van der Waals surface area contributed by atoms with Gasteiger partial charge in [-0.2, -0.15) is 5.10 Å². The quantitative estimate of drug-likeness (QED) is 0.762. The Morgan fingerprint density at radius 3 is 2.44 bits per heavy atom. The van der Waals surface area contributed by atoms with Gasteiger partial charge in [0.15, 0.2) is 5.78 Å². The Bertz CT molecular complexity index is 440. The van der Waals surface area contributed by atoms with Crippen LogP contribution in [0.15, 0.2) is 0 Å². The monoisotopic (exact) mass is 248 g/mol. The largest absolute Gasteiger partial charge is 0.294 e. The number of aromatic nitrogens is 2. The van der Waals surface area contributed by atoms with Gasteiger partial charge in [-0.25, -0.2) is 0 Å². The Hall–Kier alpha value is -1.12. The van der Waals surface area contributed by atoms with Crippen LogP contribution in [0.3, 0.4) is 0 Å². The van der Waals surface area contributed by atoms with Crippen LogP contribution in [0.1, 0.15) is 73.7 Å². The standard InChI is InChI=1S/C15H24N2O/c1-5-14(18)15-11(3)16-17(12(15)4)13-8-6-10(2)7-9-13/h10,13H,5-9H2,1-4H3. The summed E-state index contributed by atoms with van der Waals surface area (Å²) in [6, 6.07) is 0.498. The average molecular weight is 248 g/mol. The van der Waals surface area contributed by atoms with Crippen molar-refractivity contribution in [3.8, 4) is 0 Å². The van der Waals surface area contributed by atoms with E-state index in [-0.39, 0.29) is 5.78 Å². The molecule has 0 aliphatic heterocycles. The van der Waals surface area contributed by atoms with Gasteiger partial charge in [-0.15, -0.1) is 0 Å². The molecule has 0 unspecified atom stereocenters. The van der Waals surface area contributed by atoms with Crippen molar-refractivity contribution in [3.05, 3.63) is 17.0 Å². The zero-order chi connectivity index (χ0) is 13.3. The van der Waals surface area contributed by atoms with E-state index in [9.17, 15) is 4.79 Å². The van der Waals surface area contributed by atoms with Gasteiger partial charge in [0.2, 0.25) is 0 Å². The number of hydrogen-bond donors (Lipinski definition) is 0. The second kappa shape index (κ2) is 5.25. The Morgan fingerprint density at radius 2 is 1.89 bits per heavy atom. The molecule has 1 aromatic rings. The summed E-state index contributed by atoms with van der Waals surface area (Å²) in [5.41, 5.74) is 2.83. The van der Waals surface area contributed by atoms with Crippen LogP contribution in [-0.4, -0.2) is 15.6 Å². The highest BCUT2D eigenvalue weighted by Gasteiger charge is 2.25. The van der Waals surface area contributed by atoms with Crippen LogP contribution in [0.25, 0.3) is 0 Å². The van der Waals surface area contributed by atoms with Crippen molar-refractivity contribution in [2.24, 2.45) is 5.92 Å². The highest BCUT2D eigenvalue weighted by atomic mass is 16.1. The molecule has 0 atom stereocenters. The number of nitrogens with zero attached hydrogens (tertiary/aromatic N) is 2. The minimum atomic E-state index is 0.223. The minimum Gasteiger partial charge on any atom is -0.294 e. The van der Waals surface area contributed by atoms with E-state index in [2.05, 4.69) is 16.7 Å². The maximum atomic E-state index is 11.9. The number of hydrogen-bond acceptors (Lipinski definition) is 2. The molecule has 0 saturated heterocycles. The average Bonchev–Trinajstić information content (AvgIpc) is 2.65. The molecule has 0 N–H and O–H groups in total. The molecular weight excluding hydrogens is 224 g/mol. The molecule has 0 radical (unpaired) electrons. The first-order valence-electron chi connectivity index (χ1n) is 7.13. The highest BCUT2D eigenvalue weighted by molar-refractivity contribution is 5.97. The summed E-state index contributed by atoms with van der Waals surface area (Å²) < 4.78 is 2.12. The molecule has 0 amide bonds. The molecule has 18 heavy (non-hydrogen) atoms. The van der Waals surface area contributed by atoms with E-state index in [1.165, 1.54) is 25.7 Å². The Morgan fingerprint density at radius 1 is 1.28 bits per heavy atom. The highest BCUT2D eigenvalue weighted by Crippen LogP contribution is 2.33. The molecular formula is C15H24N2O. The Labute approximate surface area is 110 Å². The predicted octanol–water partition coefficient (Wildman–Crippen LogP) is 3.84. The van der Waals surface area contributed by atoms with E-state index < -0.39 is 0 Å². The maximum absolute atomic E-state index is 11.9. The van der Waals surface area contributed by atoms with Crippen LogP contribution in [0.2, 0.25) is 0 Å². The molecule has 1 fully saturated rings. The van der Waals surface area contributed by atoms with Crippen molar-refractivity contribution in [1.82, 2.24) is 9.78 Å². The Balaban J connectivity index is 2.27. The smallest absolute Gasteiger partial charge is 0.166 e. The third kappa shape index (κ3) is 2.36. The minimum absolute atomic E-state index is 0.223. The molecule has 0 bridgehead atoms. The summed E-state index contributed by atoms with van der Waals surface area (Å²) in [5, 5.41) is 4.62. The van der Waals surface area contributed by atoms with E-state index in [4.69, 9.17) is 0 Å². The topological polar surface area (TPSA) is 34.9 Å². The van der Waals surface area contributed by atoms with Gasteiger partial charge in [0, 0.05) is 12.1 Å². The molecule has 1 aliphatic carbocycles. The number of carbonyl (C=O) groups is 1. The van der Waals surface area contributed by atoms with E-state index in [0.717, 1.165) is 22.9 Å². The van der Waals surface area contributed by atoms with Crippen LogP contribution in [-0.2, 0) is 0 Å². The number of aryl methyl sites for hydroxylation is 1. The molecule has 1 heterocycles. The van der Waals surface area contributed by atoms with Crippen LogP contribution in [0.4, 0.5) is 0 Å². The number of Topliss-reactive ketones (excluding diaryl/α,β-unsaturated/α-hetero) is 1. The van der Waals surface area contributed by atoms with Gasteiger partial charge in [0.05, 0.1) is 17.3 Å². The molecule has 2 rings (SSSR count). The van der Waals surface area contributed by atoms with Crippen LogP contribution < -0.4 is 0 Å². The zero-order valence-corrected chi connectivity index (χ0v) is 12.0. The maximum Gasteiger partial charge on any atom is 0.166 e. The van der Waals surface area contributed by atoms with Gasteiger partial charge in [0.25, 0.3) is 0 Å². The molecule has 1 saturated carbocycles. The third-order valence-corrected chi connectivity index (χ3v) is 4.26. The SMILES string of the molecule is CCC(=O)c1c(C)nn(C2CCC(C)CC2)c1C. The lowest BCUT2D eigenvalue weighted by atomic mass is 9.87. The first-order valence-corrected chi connectivity index (χ1v) is 7.13. The fourth-order valence-electron chi connectivity index (χ4n) is 3.09. The number of carbonyl (C=O) groups excluding carboxylic acids is 1. The first-order chi connectivity index (χ1) is 8.54. The second-order valence-corrected chi connectivity index (χ2v) is 5.68. The Kier molecular flexibility index (Phi) is 3.88. The molecule has 100 valence electrons. The summed E-state index contributed by atoms with van der Waals surface area (Å²) in [6.45, 7) is 8.24. The first kappa shape index (κ1) is 13.3. The van der Waals surface area contributed by atoms with Crippen molar-refractivity contribution < 1.29 is 4.79 Å². The lowest BCUT2D eigenvalue weighted by molar-refractivity contribution is 0.0986. The van der Waals surface area contributed by atoms with E-state index >= 15 is 0 Å². The number of ketones is 1.